The number of nitrogens with zero attached hydrogens (tertiary/aromatic N) is 3. The normalized spacial score (nSPS) is 16.6. The van der Waals surface area contributed by atoms with E-state index in [-0.39, 0.29) is 0 Å². The van der Waals surface area contributed by atoms with E-state index in [4.69, 9.17) is 9.05 Å². The van der Waals surface area contributed by atoms with Crippen LogP contribution in [0, 0.1) is 0 Å². The Morgan fingerprint density at radius 3 is 1.51 bits per heavy atom. The summed E-state index contributed by atoms with van der Waals surface area (Å²) in [6, 6.07) is 0. The Kier molecular flexibility index (Phi) is 15.1. The average molecular weight is 516 g/mol. The SMILES string of the molecule is CCCCCCCCCCCCCCCCN1CCN(C)C1=NP(=O)(OC(C)(C)C)OC(C)(C)C. The summed E-state index contributed by atoms with van der Waals surface area (Å²) in [6.45, 7) is 16.3. The van der Waals surface area contributed by atoms with Gasteiger partial charge in [-0.1, -0.05) is 90.4 Å². The van der Waals surface area contributed by atoms with Gasteiger partial charge in [0.15, 0.2) is 0 Å². The summed E-state index contributed by atoms with van der Waals surface area (Å²) < 4.78 is 30.0. The van der Waals surface area contributed by atoms with E-state index >= 15 is 0 Å². The second-order valence-corrected chi connectivity index (χ2v) is 13.8. The highest BCUT2D eigenvalue weighted by Crippen LogP contribution is 2.56. The van der Waals surface area contributed by atoms with Crippen LogP contribution in [-0.2, 0) is 13.6 Å². The van der Waals surface area contributed by atoms with Gasteiger partial charge in [-0.3, -0.25) is 9.05 Å². The van der Waals surface area contributed by atoms with Gasteiger partial charge < -0.3 is 9.80 Å². The van der Waals surface area contributed by atoms with Crippen LogP contribution in [0.25, 0.3) is 0 Å². The van der Waals surface area contributed by atoms with Crippen molar-refractivity contribution in [3.8, 4) is 0 Å². The smallest absolute Gasteiger partial charge is 0.344 e. The molecule has 0 aromatic rings. The Hall–Kier alpha value is -0.580. The van der Waals surface area contributed by atoms with Crippen molar-refractivity contribution >= 4 is 13.7 Å². The third-order valence-electron chi connectivity index (χ3n) is 6.10. The van der Waals surface area contributed by atoms with Gasteiger partial charge in [0.25, 0.3) is 0 Å². The van der Waals surface area contributed by atoms with Gasteiger partial charge in [0.1, 0.15) is 0 Å². The Labute approximate surface area is 218 Å². The summed E-state index contributed by atoms with van der Waals surface area (Å²) in [4.78, 5) is 4.31. The summed E-state index contributed by atoms with van der Waals surface area (Å²) in [5, 5.41) is 0. The van der Waals surface area contributed by atoms with Crippen LogP contribution < -0.4 is 0 Å². The maximum Gasteiger partial charge on any atom is 0.458 e. The van der Waals surface area contributed by atoms with Crippen LogP contribution in [0.4, 0.5) is 0 Å². The Morgan fingerprint density at radius 2 is 1.11 bits per heavy atom. The number of likely N-dealkylation sites (N-methyl/N-ethyl adjacent to an activating group) is 1. The van der Waals surface area contributed by atoms with Crippen LogP contribution in [0.3, 0.4) is 0 Å². The number of guanidine groups is 1. The summed E-state index contributed by atoms with van der Waals surface area (Å²) in [5.74, 6) is 0.733. The second-order valence-electron chi connectivity index (χ2n) is 12.3. The zero-order chi connectivity index (χ0) is 26.4. The molecule has 0 aliphatic carbocycles. The number of hydrogen-bond donors (Lipinski definition) is 0. The monoisotopic (exact) mass is 515 g/mol. The largest absolute Gasteiger partial charge is 0.458 e. The van der Waals surface area contributed by atoms with Crippen molar-refractivity contribution < 1.29 is 13.6 Å². The predicted octanol–water partition coefficient (Wildman–Crippen LogP) is 8.81. The van der Waals surface area contributed by atoms with E-state index in [0.29, 0.717) is 0 Å². The Bertz CT molecular complexity index is 620. The summed E-state index contributed by atoms with van der Waals surface area (Å²) in [5.41, 5.74) is -1.22. The van der Waals surface area contributed by atoms with E-state index in [1.165, 1.54) is 83.5 Å². The molecule has 0 unspecified atom stereocenters. The fraction of sp³-hybridized carbons (Fsp3) is 0.964. The molecule has 1 heterocycles. The van der Waals surface area contributed by atoms with E-state index in [9.17, 15) is 4.57 Å². The molecule has 0 aromatic carbocycles. The Morgan fingerprint density at radius 1 is 0.714 bits per heavy atom. The van der Waals surface area contributed by atoms with Gasteiger partial charge in [0.2, 0.25) is 5.96 Å². The van der Waals surface area contributed by atoms with Gasteiger partial charge in [0.05, 0.1) is 11.2 Å². The maximum absolute atomic E-state index is 13.6. The van der Waals surface area contributed by atoms with Crippen molar-refractivity contribution in [2.75, 3.05) is 26.7 Å². The molecule has 0 spiro atoms. The summed E-state index contributed by atoms with van der Waals surface area (Å²) in [7, 11) is -1.65. The molecule has 208 valence electrons. The van der Waals surface area contributed by atoms with Crippen molar-refractivity contribution in [1.82, 2.24) is 9.80 Å². The minimum Gasteiger partial charge on any atom is -0.344 e. The van der Waals surface area contributed by atoms with E-state index in [1.807, 2.05) is 48.6 Å². The van der Waals surface area contributed by atoms with Gasteiger partial charge >= 0.3 is 7.75 Å². The highest BCUT2D eigenvalue weighted by atomic mass is 31.2. The minimum atomic E-state index is -3.65. The molecule has 0 aromatic heterocycles. The molecule has 1 fully saturated rings. The van der Waals surface area contributed by atoms with Crippen molar-refractivity contribution in [2.24, 2.45) is 4.76 Å². The van der Waals surface area contributed by atoms with Crippen LogP contribution >= 0.6 is 7.75 Å². The molecule has 7 heteroatoms. The molecule has 35 heavy (non-hydrogen) atoms. The first-order valence-corrected chi connectivity index (χ1v) is 15.9. The fourth-order valence-corrected chi connectivity index (χ4v) is 6.42. The highest BCUT2D eigenvalue weighted by molar-refractivity contribution is 7.52. The molecule has 0 saturated carbocycles. The molecule has 0 radical (unpaired) electrons. The van der Waals surface area contributed by atoms with Crippen molar-refractivity contribution in [3.63, 3.8) is 0 Å². The topological polar surface area (TPSA) is 54.4 Å². The molecule has 0 amide bonds. The third-order valence-corrected chi connectivity index (χ3v) is 8.08. The van der Waals surface area contributed by atoms with Gasteiger partial charge in [-0.2, -0.15) is 0 Å². The summed E-state index contributed by atoms with van der Waals surface area (Å²) >= 11 is 0. The molecular formula is C28H58N3O3P. The van der Waals surface area contributed by atoms with E-state index in [0.717, 1.165) is 32.0 Å². The first-order chi connectivity index (χ1) is 16.4. The van der Waals surface area contributed by atoms with Gasteiger partial charge in [0, 0.05) is 26.7 Å². The van der Waals surface area contributed by atoms with E-state index in [1.54, 1.807) is 0 Å². The fourth-order valence-electron chi connectivity index (χ4n) is 4.42. The van der Waals surface area contributed by atoms with E-state index in [2.05, 4.69) is 21.5 Å². The van der Waals surface area contributed by atoms with Crippen molar-refractivity contribution in [1.29, 1.82) is 0 Å². The minimum absolute atomic E-state index is 0.610. The molecule has 1 rings (SSSR count). The van der Waals surface area contributed by atoms with Gasteiger partial charge in [-0.05, 0) is 48.0 Å². The lowest BCUT2D eigenvalue weighted by Gasteiger charge is -2.30. The lowest BCUT2D eigenvalue weighted by atomic mass is 10.0. The average Bonchev–Trinajstić information content (AvgIpc) is 3.04. The molecule has 0 atom stereocenters. The molecule has 6 nitrogen and oxygen atoms in total. The quantitative estimate of drug-likeness (QED) is 0.135. The number of hydrogen-bond acceptors (Lipinski definition) is 3. The lowest BCUT2D eigenvalue weighted by molar-refractivity contribution is 0.0493. The predicted molar refractivity (Wildman–Crippen MR) is 151 cm³/mol. The number of unbranched alkanes of at least 4 members (excludes halogenated alkanes) is 13. The van der Waals surface area contributed by atoms with Gasteiger partial charge in [-0.15, -0.1) is 4.76 Å². The lowest BCUT2D eigenvalue weighted by Crippen LogP contribution is -2.33. The zero-order valence-electron chi connectivity index (χ0n) is 24.5. The number of rotatable bonds is 18. The molecule has 1 saturated heterocycles. The van der Waals surface area contributed by atoms with Crippen LogP contribution in [0.1, 0.15) is 138 Å². The molecule has 0 N–H and O–H groups in total. The van der Waals surface area contributed by atoms with Crippen LogP contribution in [-0.4, -0.2) is 53.6 Å². The van der Waals surface area contributed by atoms with E-state index < -0.39 is 18.9 Å². The maximum atomic E-state index is 13.6. The zero-order valence-corrected chi connectivity index (χ0v) is 25.4. The molecular weight excluding hydrogens is 457 g/mol. The Balaban J connectivity index is 2.36. The first-order valence-electron chi connectivity index (χ1n) is 14.4. The molecule has 1 aliphatic rings. The molecule has 1 aliphatic heterocycles. The van der Waals surface area contributed by atoms with Crippen LogP contribution in [0.15, 0.2) is 4.76 Å². The third kappa shape index (κ3) is 16.0. The van der Waals surface area contributed by atoms with Crippen molar-refractivity contribution in [2.45, 2.75) is 150 Å². The summed E-state index contributed by atoms with van der Waals surface area (Å²) in [6.07, 6.45) is 19.0. The highest BCUT2D eigenvalue weighted by Gasteiger charge is 2.38. The van der Waals surface area contributed by atoms with Crippen LogP contribution in [0.2, 0.25) is 0 Å². The van der Waals surface area contributed by atoms with Crippen molar-refractivity contribution in [3.05, 3.63) is 0 Å². The van der Waals surface area contributed by atoms with Gasteiger partial charge in [-0.25, -0.2) is 4.57 Å². The van der Waals surface area contributed by atoms with Crippen LogP contribution in [0.5, 0.6) is 0 Å². The standard InChI is InChI=1S/C28H58N3O3P/c1-9-10-11-12-13-14-15-16-17-18-19-20-21-22-23-31-25-24-30(8)26(31)29-35(32,33-27(2,3)4)34-28(5,6)7/h9-25H2,1-8H3. The second kappa shape index (κ2) is 16.3. The first kappa shape index (κ1) is 32.4. The molecule has 0 bridgehead atoms.